The standard InChI is InChI=1S/C17H19BrN2O/c1-12(19-11-14-5-3-7-16(18)9-14)15-6-4-8-17(10-15)20-13(2)21/h3-10,12,19H,11H2,1-2H3,(H,20,21). The molecular weight excluding hydrogens is 328 g/mol. The van der Waals surface area contributed by atoms with E-state index in [1.165, 1.54) is 12.5 Å². The Balaban J connectivity index is 1.99. The predicted octanol–water partition coefficient (Wildman–Crippen LogP) is 4.26. The monoisotopic (exact) mass is 346 g/mol. The molecule has 0 saturated heterocycles. The Hall–Kier alpha value is -1.65. The van der Waals surface area contributed by atoms with Crippen LogP contribution in [0.2, 0.25) is 0 Å². The molecule has 1 atom stereocenters. The molecule has 3 nitrogen and oxygen atoms in total. The fraction of sp³-hybridized carbons (Fsp3) is 0.235. The highest BCUT2D eigenvalue weighted by molar-refractivity contribution is 9.10. The highest BCUT2D eigenvalue weighted by Gasteiger charge is 2.06. The van der Waals surface area contributed by atoms with Gasteiger partial charge in [0.05, 0.1) is 0 Å². The molecule has 2 aromatic carbocycles. The van der Waals surface area contributed by atoms with Crippen molar-refractivity contribution in [3.63, 3.8) is 0 Å². The Morgan fingerprint density at radius 1 is 1.19 bits per heavy atom. The first kappa shape index (κ1) is 15.7. The zero-order valence-corrected chi connectivity index (χ0v) is 13.8. The summed E-state index contributed by atoms with van der Waals surface area (Å²) in [4.78, 5) is 11.1. The number of anilines is 1. The maximum absolute atomic E-state index is 11.1. The summed E-state index contributed by atoms with van der Waals surface area (Å²) in [5.41, 5.74) is 3.21. The number of halogens is 1. The van der Waals surface area contributed by atoms with E-state index in [1.807, 2.05) is 30.3 Å². The first-order valence-electron chi connectivity index (χ1n) is 6.90. The van der Waals surface area contributed by atoms with Crippen LogP contribution < -0.4 is 10.6 Å². The first-order chi connectivity index (χ1) is 10.0. The van der Waals surface area contributed by atoms with Crippen LogP contribution in [0.3, 0.4) is 0 Å². The van der Waals surface area contributed by atoms with Crippen molar-refractivity contribution in [2.75, 3.05) is 5.32 Å². The van der Waals surface area contributed by atoms with Crippen molar-refractivity contribution in [1.82, 2.24) is 5.32 Å². The number of benzene rings is 2. The molecule has 2 rings (SSSR count). The average Bonchev–Trinajstić information content (AvgIpc) is 2.44. The Labute approximate surface area is 133 Å². The molecule has 0 bridgehead atoms. The molecule has 2 aromatic rings. The molecule has 0 aliphatic carbocycles. The largest absolute Gasteiger partial charge is 0.326 e. The lowest BCUT2D eigenvalue weighted by atomic mass is 10.1. The summed E-state index contributed by atoms with van der Waals surface area (Å²) in [6.07, 6.45) is 0. The molecule has 0 saturated carbocycles. The lowest BCUT2D eigenvalue weighted by Gasteiger charge is -2.15. The second-order valence-electron chi connectivity index (χ2n) is 5.04. The van der Waals surface area contributed by atoms with E-state index in [-0.39, 0.29) is 11.9 Å². The average molecular weight is 347 g/mol. The molecule has 0 spiro atoms. The third kappa shape index (κ3) is 4.99. The van der Waals surface area contributed by atoms with Crippen LogP contribution in [0.5, 0.6) is 0 Å². The Bertz CT molecular complexity index is 628. The molecule has 2 N–H and O–H groups in total. The zero-order chi connectivity index (χ0) is 15.2. The van der Waals surface area contributed by atoms with Crippen molar-refractivity contribution in [3.05, 3.63) is 64.1 Å². The minimum absolute atomic E-state index is 0.0538. The second kappa shape index (κ2) is 7.38. The van der Waals surface area contributed by atoms with Gasteiger partial charge in [-0.3, -0.25) is 4.79 Å². The topological polar surface area (TPSA) is 41.1 Å². The van der Waals surface area contributed by atoms with Gasteiger partial charge >= 0.3 is 0 Å². The van der Waals surface area contributed by atoms with Crippen LogP contribution >= 0.6 is 15.9 Å². The SMILES string of the molecule is CC(=O)Nc1cccc(C(C)NCc2cccc(Br)c2)c1. The lowest BCUT2D eigenvalue weighted by Crippen LogP contribution is -2.18. The molecule has 110 valence electrons. The van der Waals surface area contributed by atoms with Crippen molar-refractivity contribution < 1.29 is 4.79 Å². The van der Waals surface area contributed by atoms with Crippen molar-refractivity contribution in [2.24, 2.45) is 0 Å². The maximum Gasteiger partial charge on any atom is 0.221 e. The Kier molecular flexibility index (Phi) is 5.53. The molecule has 21 heavy (non-hydrogen) atoms. The number of hydrogen-bond acceptors (Lipinski definition) is 2. The highest BCUT2D eigenvalue weighted by atomic mass is 79.9. The van der Waals surface area contributed by atoms with E-state index in [4.69, 9.17) is 0 Å². The number of amides is 1. The van der Waals surface area contributed by atoms with Crippen molar-refractivity contribution in [1.29, 1.82) is 0 Å². The molecule has 1 amide bonds. The van der Waals surface area contributed by atoms with E-state index in [0.29, 0.717) is 0 Å². The van der Waals surface area contributed by atoms with Gasteiger partial charge in [-0.1, -0.05) is 40.2 Å². The van der Waals surface area contributed by atoms with Crippen molar-refractivity contribution in [2.45, 2.75) is 26.4 Å². The summed E-state index contributed by atoms with van der Waals surface area (Å²) in [6.45, 7) is 4.43. The van der Waals surface area contributed by atoms with E-state index in [0.717, 1.165) is 22.3 Å². The Morgan fingerprint density at radius 2 is 1.95 bits per heavy atom. The smallest absolute Gasteiger partial charge is 0.221 e. The molecule has 1 unspecified atom stereocenters. The minimum atomic E-state index is -0.0538. The second-order valence-corrected chi connectivity index (χ2v) is 5.95. The first-order valence-corrected chi connectivity index (χ1v) is 7.69. The van der Waals surface area contributed by atoms with Crippen molar-refractivity contribution >= 4 is 27.5 Å². The van der Waals surface area contributed by atoms with E-state index < -0.39 is 0 Å². The van der Waals surface area contributed by atoms with Gasteiger partial charge in [0.2, 0.25) is 5.91 Å². The fourth-order valence-corrected chi connectivity index (χ4v) is 2.57. The van der Waals surface area contributed by atoms with Crippen LogP contribution in [0.15, 0.2) is 53.0 Å². The highest BCUT2D eigenvalue weighted by Crippen LogP contribution is 2.18. The maximum atomic E-state index is 11.1. The van der Waals surface area contributed by atoms with Crippen LogP contribution in [0, 0.1) is 0 Å². The third-order valence-electron chi connectivity index (χ3n) is 3.21. The third-order valence-corrected chi connectivity index (χ3v) is 3.70. The molecule has 0 aliphatic heterocycles. The summed E-state index contributed by atoms with van der Waals surface area (Å²) in [5, 5.41) is 6.30. The number of hydrogen-bond donors (Lipinski definition) is 2. The van der Waals surface area contributed by atoms with Crippen LogP contribution in [0.25, 0.3) is 0 Å². The molecule has 4 heteroatoms. The zero-order valence-electron chi connectivity index (χ0n) is 12.2. The predicted molar refractivity (Wildman–Crippen MR) is 90.1 cm³/mol. The van der Waals surface area contributed by atoms with E-state index in [9.17, 15) is 4.79 Å². The van der Waals surface area contributed by atoms with Crippen molar-refractivity contribution in [3.8, 4) is 0 Å². The number of carbonyl (C=O) groups is 1. The summed E-state index contributed by atoms with van der Waals surface area (Å²) < 4.78 is 1.09. The summed E-state index contributed by atoms with van der Waals surface area (Å²) in [7, 11) is 0. The number of nitrogens with one attached hydrogen (secondary N) is 2. The van der Waals surface area contributed by atoms with Crippen LogP contribution in [-0.4, -0.2) is 5.91 Å². The van der Waals surface area contributed by atoms with Gasteiger partial charge < -0.3 is 10.6 Å². The molecule has 0 fully saturated rings. The lowest BCUT2D eigenvalue weighted by molar-refractivity contribution is -0.114. The fourth-order valence-electron chi connectivity index (χ4n) is 2.12. The van der Waals surface area contributed by atoms with Crippen LogP contribution in [0.1, 0.15) is 31.0 Å². The minimum Gasteiger partial charge on any atom is -0.326 e. The normalized spacial score (nSPS) is 12.0. The van der Waals surface area contributed by atoms with Gasteiger partial charge in [-0.25, -0.2) is 0 Å². The van der Waals surface area contributed by atoms with Gasteiger partial charge in [-0.2, -0.15) is 0 Å². The van der Waals surface area contributed by atoms with Gasteiger partial charge in [-0.15, -0.1) is 0 Å². The summed E-state index contributed by atoms with van der Waals surface area (Å²) in [6, 6.07) is 16.4. The summed E-state index contributed by atoms with van der Waals surface area (Å²) >= 11 is 3.48. The summed E-state index contributed by atoms with van der Waals surface area (Å²) in [5.74, 6) is -0.0538. The molecule has 0 aromatic heterocycles. The molecule has 0 heterocycles. The molecule has 0 aliphatic rings. The van der Waals surface area contributed by atoms with Gasteiger partial charge in [0.25, 0.3) is 0 Å². The van der Waals surface area contributed by atoms with E-state index >= 15 is 0 Å². The quantitative estimate of drug-likeness (QED) is 0.849. The van der Waals surface area contributed by atoms with Gasteiger partial charge in [0, 0.05) is 29.7 Å². The molecular formula is C17H19BrN2O. The van der Waals surface area contributed by atoms with E-state index in [2.05, 4.69) is 51.7 Å². The van der Waals surface area contributed by atoms with Gasteiger partial charge in [-0.05, 0) is 42.3 Å². The van der Waals surface area contributed by atoms with E-state index in [1.54, 1.807) is 0 Å². The number of rotatable bonds is 5. The number of carbonyl (C=O) groups excluding carboxylic acids is 1. The van der Waals surface area contributed by atoms with Gasteiger partial charge in [0.15, 0.2) is 0 Å². The molecule has 0 radical (unpaired) electrons. The van der Waals surface area contributed by atoms with Gasteiger partial charge in [0.1, 0.15) is 0 Å². The van der Waals surface area contributed by atoms with Crippen LogP contribution in [-0.2, 0) is 11.3 Å². The van der Waals surface area contributed by atoms with Crippen LogP contribution in [0.4, 0.5) is 5.69 Å². The Morgan fingerprint density at radius 3 is 2.67 bits per heavy atom.